The minimum Gasteiger partial charge on any atom is -0.497 e. The number of methoxy groups -OCH3 is 1. The number of carboxylic acids is 1. The van der Waals surface area contributed by atoms with Crippen molar-refractivity contribution >= 4 is 27.8 Å². The number of thioether (sulfide) groups is 1. The lowest BCUT2D eigenvalue weighted by Crippen LogP contribution is -2.47. The minimum atomic E-state index is -3.97. The summed E-state index contributed by atoms with van der Waals surface area (Å²) in [5.41, 5.74) is 1.15. The summed E-state index contributed by atoms with van der Waals surface area (Å²) in [7, 11) is -2.46. The van der Waals surface area contributed by atoms with E-state index in [0.29, 0.717) is 11.5 Å². The molecule has 30 heavy (non-hydrogen) atoms. The number of hydrogen-bond acceptors (Lipinski definition) is 5. The maximum atomic E-state index is 13.3. The van der Waals surface area contributed by atoms with Gasteiger partial charge in [0.15, 0.2) is 0 Å². The maximum absolute atomic E-state index is 13.3. The quantitative estimate of drug-likeness (QED) is 0.489. The van der Waals surface area contributed by atoms with Crippen molar-refractivity contribution in [3.05, 3.63) is 60.2 Å². The molecule has 1 atom stereocenters. The van der Waals surface area contributed by atoms with Crippen molar-refractivity contribution in [2.24, 2.45) is 5.92 Å². The van der Waals surface area contributed by atoms with Crippen LogP contribution < -0.4 is 4.74 Å². The zero-order chi connectivity index (χ0) is 22.1. The first-order valence-corrected chi connectivity index (χ1v) is 12.4. The lowest BCUT2D eigenvalue weighted by molar-refractivity contribution is -0.141. The van der Waals surface area contributed by atoms with Crippen LogP contribution in [0.25, 0.3) is 0 Å². The van der Waals surface area contributed by atoms with E-state index in [-0.39, 0.29) is 23.8 Å². The van der Waals surface area contributed by atoms with Gasteiger partial charge in [-0.25, -0.2) is 8.42 Å². The molecule has 0 saturated carbocycles. The molecule has 0 amide bonds. The topological polar surface area (TPSA) is 83.9 Å². The van der Waals surface area contributed by atoms with Crippen molar-refractivity contribution in [1.29, 1.82) is 0 Å². The normalized spacial score (nSPS) is 12.8. The van der Waals surface area contributed by atoms with E-state index in [0.717, 1.165) is 15.6 Å². The van der Waals surface area contributed by atoms with E-state index < -0.39 is 22.0 Å². The molecule has 0 bridgehead atoms. The Morgan fingerprint density at radius 3 is 2.27 bits per heavy atom. The smallest absolute Gasteiger partial charge is 0.322 e. The van der Waals surface area contributed by atoms with Crippen molar-refractivity contribution in [1.82, 2.24) is 4.31 Å². The Balaban J connectivity index is 2.18. The first-order chi connectivity index (χ1) is 14.3. The second-order valence-corrected chi connectivity index (χ2v) is 10.3. The van der Waals surface area contributed by atoms with E-state index in [2.05, 4.69) is 0 Å². The van der Waals surface area contributed by atoms with Gasteiger partial charge in [-0.1, -0.05) is 44.2 Å². The standard InChI is InChI=1S/C22H29NO5S2/c1-17(2)15-23(30(26,27)20-11-9-19(28-3)10-12-20)21(22(24)25)13-14-29-16-18-7-5-4-6-8-18/h4-12,17,21H,13-16H2,1-3H3,(H,24,25). The van der Waals surface area contributed by atoms with Crippen LogP contribution in [0.1, 0.15) is 25.8 Å². The highest BCUT2D eigenvalue weighted by atomic mass is 32.2. The molecule has 1 N–H and O–H groups in total. The molecular weight excluding hydrogens is 422 g/mol. The van der Waals surface area contributed by atoms with Crippen LogP contribution >= 0.6 is 11.8 Å². The molecule has 1 unspecified atom stereocenters. The predicted molar refractivity (Wildman–Crippen MR) is 120 cm³/mol. The molecule has 2 aromatic carbocycles. The first-order valence-electron chi connectivity index (χ1n) is 9.76. The summed E-state index contributed by atoms with van der Waals surface area (Å²) < 4.78 is 32.8. The van der Waals surface area contributed by atoms with Crippen LogP contribution in [-0.2, 0) is 20.6 Å². The largest absolute Gasteiger partial charge is 0.497 e. The first kappa shape index (κ1) is 24.2. The Kier molecular flexibility index (Phi) is 9.20. The Labute approximate surface area is 183 Å². The highest BCUT2D eigenvalue weighted by molar-refractivity contribution is 7.98. The molecule has 0 aromatic heterocycles. The summed E-state index contributed by atoms with van der Waals surface area (Å²) in [5.74, 6) is 0.683. The molecule has 0 saturated heterocycles. The van der Waals surface area contributed by atoms with Crippen LogP contribution in [0.4, 0.5) is 0 Å². The molecule has 8 heteroatoms. The molecule has 2 aromatic rings. The molecule has 2 rings (SSSR count). The van der Waals surface area contributed by atoms with E-state index in [4.69, 9.17) is 4.74 Å². The molecule has 0 spiro atoms. The second-order valence-electron chi connectivity index (χ2n) is 7.32. The Bertz CT molecular complexity index is 899. The Morgan fingerprint density at radius 1 is 1.10 bits per heavy atom. The number of benzene rings is 2. The van der Waals surface area contributed by atoms with Crippen molar-refractivity contribution in [2.45, 2.75) is 37.0 Å². The number of aliphatic carboxylic acids is 1. The van der Waals surface area contributed by atoms with Crippen LogP contribution in [-0.4, -0.2) is 49.2 Å². The van der Waals surface area contributed by atoms with Crippen molar-refractivity contribution in [3.8, 4) is 5.75 Å². The Morgan fingerprint density at radius 2 is 1.73 bits per heavy atom. The third kappa shape index (κ3) is 6.75. The number of carboxylic acid groups (broad SMARTS) is 1. The third-order valence-electron chi connectivity index (χ3n) is 4.49. The highest BCUT2D eigenvalue weighted by Crippen LogP contribution is 2.25. The maximum Gasteiger partial charge on any atom is 0.322 e. The average Bonchev–Trinajstić information content (AvgIpc) is 2.72. The van der Waals surface area contributed by atoms with Gasteiger partial charge < -0.3 is 9.84 Å². The van der Waals surface area contributed by atoms with Gasteiger partial charge in [0.05, 0.1) is 12.0 Å². The zero-order valence-electron chi connectivity index (χ0n) is 17.5. The number of rotatable bonds is 12. The van der Waals surface area contributed by atoms with Gasteiger partial charge in [0.2, 0.25) is 10.0 Å². The molecule has 0 aliphatic rings. The van der Waals surface area contributed by atoms with Crippen molar-refractivity contribution in [3.63, 3.8) is 0 Å². The molecule has 0 aliphatic carbocycles. The number of sulfonamides is 1. The molecular formula is C22H29NO5S2. The summed E-state index contributed by atoms with van der Waals surface area (Å²) >= 11 is 1.60. The highest BCUT2D eigenvalue weighted by Gasteiger charge is 2.36. The van der Waals surface area contributed by atoms with Crippen LogP contribution in [0.2, 0.25) is 0 Å². The summed E-state index contributed by atoms with van der Waals surface area (Å²) in [6, 6.07) is 14.8. The van der Waals surface area contributed by atoms with Crippen molar-refractivity contribution < 1.29 is 23.1 Å². The van der Waals surface area contributed by atoms with E-state index >= 15 is 0 Å². The summed E-state index contributed by atoms with van der Waals surface area (Å²) in [6.45, 7) is 3.88. The average molecular weight is 452 g/mol. The second kappa shape index (κ2) is 11.4. The van der Waals surface area contributed by atoms with Crippen molar-refractivity contribution in [2.75, 3.05) is 19.4 Å². The monoisotopic (exact) mass is 451 g/mol. The van der Waals surface area contributed by atoms with Gasteiger partial charge in [-0.3, -0.25) is 4.79 Å². The summed E-state index contributed by atoms with van der Waals surface area (Å²) in [6.07, 6.45) is 0.231. The van der Waals surface area contributed by atoms with Gasteiger partial charge in [0.1, 0.15) is 11.8 Å². The predicted octanol–water partition coefficient (Wildman–Crippen LogP) is 4.12. The number of carbonyl (C=O) groups is 1. The Hall–Kier alpha value is -2.03. The SMILES string of the molecule is COc1ccc(S(=O)(=O)N(CC(C)C)C(CCSCc2ccccc2)C(=O)O)cc1. The molecule has 6 nitrogen and oxygen atoms in total. The minimum absolute atomic E-state index is 0.0168. The van der Waals surface area contributed by atoms with E-state index in [1.807, 2.05) is 44.2 Å². The molecule has 164 valence electrons. The number of nitrogens with zero attached hydrogens (tertiary/aromatic N) is 1. The van der Waals surface area contributed by atoms with Crippen LogP contribution in [0.3, 0.4) is 0 Å². The molecule has 0 heterocycles. The molecule has 0 fully saturated rings. The third-order valence-corrected chi connectivity index (χ3v) is 7.44. The fourth-order valence-electron chi connectivity index (χ4n) is 2.99. The molecule has 0 aliphatic heterocycles. The molecule has 0 radical (unpaired) electrons. The fraction of sp³-hybridized carbons (Fsp3) is 0.409. The fourth-order valence-corrected chi connectivity index (χ4v) is 5.72. The van der Waals surface area contributed by atoms with Gasteiger partial charge >= 0.3 is 5.97 Å². The zero-order valence-corrected chi connectivity index (χ0v) is 19.2. The van der Waals surface area contributed by atoms with Gasteiger partial charge in [-0.15, -0.1) is 0 Å². The van der Waals surface area contributed by atoms with Gasteiger partial charge in [0.25, 0.3) is 0 Å². The van der Waals surface area contributed by atoms with Crippen LogP contribution in [0.15, 0.2) is 59.5 Å². The lowest BCUT2D eigenvalue weighted by Gasteiger charge is -2.29. The van der Waals surface area contributed by atoms with E-state index in [1.54, 1.807) is 23.9 Å². The van der Waals surface area contributed by atoms with Crippen LogP contribution in [0.5, 0.6) is 5.75 Å². The lowest BCUT2D eigenvalue weighted by atomic mass is 10.2. The summed E-state index contributed by atoms with van der Waals surface area (Å²) in [5, 5.41) is 9.83. The van der Waals surface area contributed by atoms with Gasteiger partial charge in [0, 0.05) is 12.3 Å². The van der Waals surface area contributed by atoms with Gasteiger partial charge in [-0.05, 0) is 47.9 Å². The summed E-state index contributed by atoms with van der Waals surface area (Å²) in [4.78, 5) is 12.1. The van der Waals surface area contributed by atoms with E-state index in [9.17, 15) is 18.3 Å². The number of ether oxygens (including phenoxy) is 1. The number of hydrogen-bond donors (Lipinski definition) is 1. The van der Waals surface area contributed by atoms with Crippen LogP contribution in [0, 0.1) is 5.92 Å². The van der Waals surface area contributed by atoms with Gasteiger partial charge in [-0.2, -0.15) is 16.1 Å². The van der Waals surface area contributed by atoms with E-state index in [1.165, 1.54) is 19.2 Å².